The summed E-state index contributed by atoms with van der Waals surface area (Å²) in [6.45, 7) is 0. The number of aromatic nitrogens is 6. The van der Waals surface area contributed by atoms with E-state index in [4.69, 9.17) is 15.0 Å². The quantitative estimate of drug-likeness (QED) is 0.186. The molecule has 8 rings (SSSR count). The lowest BCUT2D eigenvalue weighted by Crippen LogP contribution is -2.00. The van der Waals surface area contributed by atoms with Gasteiger partial charge < -0.3 is 0 Å². The first-order valence-corrected chi connectivity index (χ1v) is 15.2. The molecule has 4 aromatic heterocycles. The van der Waals surface area contributed by atoms with Gasteiger partial charge >= 0.3 is 0 Å². The maximum atomic E-state index is 5.03. The third-order valence-corrected chi connectivity index (χ3v) is 8.21. The van der Waals surface area contributed by atoms with Gasteiger partial charge in [0.1, 0.15) is 0 Å². The summed E-state index contributed by atoms with van der Waals surface area (Å²) in [5.41, 5.74) is 8.78. The zero-order chi connectivity index (χ0) is 30.2. The monoisotopic (exact) mass is 642 g/mol. The Labute approximate surface area is 267 Å². The van der Waals surface area contributed by atoms with Gasteiger partial charge in [0, 0.05) is 56.7 Å². The minimum absolute atomic E-state index is 0.582. The highest BCUT2D eigenvalue weighted by Gasteiger charge is 2.15. The molecule has 0 aliphatic heterocycles. The minimum Gasteiger partial charge on any atom is -0.264 e. The fourth-order valence-corrected chi connectivity index (χ4v) is 6.05. The largest absolute Gasteiger partial charge is 0.264 e. The van der Waals surface area contributed by atoms with Gasteiger partial charge in [0.2, 0.25) is 0 Å². The fraction of sp³-hybridized carbons (Fsp3) is 0. The van der Waals surface area contributed by atoms with E-state index in [9.17, 15) is 0 Å². The molecule has 0 radical (unpaired) electrons. The molecule has 7 heteroatoms. The van der Waals surface area contributed by atoms with Crippen LogP contribution in [0.25, 0.3) is 78.2 Å². The van der Waals surface area contributed by atoms with Gasteiger partial charge in [-0.1, -0.05) is 70.5 Å². The number of pyridine rings is 3. The molecular formula is C38H23BrN6. The second kappa shape index (κ2) is 11.4. The molecule has 8 aromatic rings. The Morgan fingerprint density at radius 3 is 1.96 bits per heavy atom. The molecule has 0 unspecified atom stereocenters. The molecule has 0 bridgehead atoms. The third-order valence-electron chi connectivity index (χ3n) is 7.75. The van der Waals surface area contributed by atoms with Gasteiger partial charge in [-0.3, -0.25) is 15.0 Å². The Kier molecular flexibility index (Phi) is 6.85. The van der Waals surface area contributed by atoms with Crippen molar-refractivity contribution in [1.29, 1.82) is 0 Å². The van der Waals surface area contributed by atoms with Crippen LogP contribution in [0.4, 0.5) is 0 Å². The van der Waals surface area contributed by atoms with E-state index < -0.39 is 0 Å². The standard InChI is InChI=1S/C38H23BrN6/c39-31-21-29(32-7-1-9-35-33(32)8-4-18-42-35)20-30(22-31)38-44-36(25-12-10-24(11-13-25)28-6-2-16-40-23-28)43-37(45-38)27-14-15-34-26(19-27)5-3-17-41-34/h1-23H. The highest BCUT2D eigenvalue weighted by atomic mass is 79.9. The molecule has 0 fully saturated rings. The van der Waals surface area contributed by atoms with Gasteiger partial charge in [0.05, 0.1) is 11.0 Å². The first kappa shape index (κ1) is 26.9. The van der Waals surface area contributed by atoms with Crippen LogP contribution >= 0.6 is 15.9 Å². The van der Waals surface area contributed by atoms with E-state index in [1.165, 1.54) is 0 Å². The van der Waals surface area contributed by atoms with E-state index in [1.54, 1.807) is 12.4 Å². The molecule has 0 spiro atoms. The van der Waals surface area contributed by atoms with Crippen LogP contribution in [-0.2, 0) is 0 Å². The van der Waals surface area contributed by atoms with Crippen molar-refractivity contribution in [3.05, 3.63) is 145 Å². The molecule has 0 aliphatic rings. The van der Waals surface area contributed by atoms with E-state index >= 15 is 0 Å². The number of benzene rings is 4. The smallest absolute Gasteiger partial charge is 0.164 e. The molecule has 0 saturated heterocycles. The average molecular weight is 644 g/mol. The molecular weight excluding hydrogens is 620 g/mol. The van der Waals surface area contributed by atoms with Crippen molar-refractivity contribution in [1.82, 2.24) is 29.9 Å². The summed E-state index contributed by atoms with van der Waals surface area (Å²) < 4.78 is 0.928. The number of hydrogen-bond donors (Lipinski definition) is 0. The van der Waals surface area contributed by atoms with E-state index in [0.29, 0.717) is 17.5 Å². The molecule has 0 N–H and O–H groups in total. The molecule has 212 valence electrons. The van der Waals surface area contributed by atoms with Crippen molar-refractivity contribution >= 4 is 37.7 Å². The maximum absolute atomic E-state index is 5.03. The first-order valence-electron chi connectivity index (χ1n) is 14.5. The Hall–Kier alpha value is -5.66. The van der Waals surface area contributed by atoms with Crippen LogP contribution in [0, 0.1) is 0 Å². The number of nitrogens with zero attached hydrogens (tertiary/aromatic N) is 6. The molecule has 0 saturated carbocycles. The minimum atomic E-state index is 0.582. The summed E-state index contributed by atoms with van der Waals surface area (Å²) in [4.78, 5) is 28.3. The second-order valence-electron chi connectivity index (χ2n) is 10.6. The summed E-state index contributed by atoms with van der Waals surface area (Å²) in [7, 11) is 0. The number of fused-ring (bicyclic) bond motifs is 2. The summed E-state index contributed by atoms with van der Waals surface area (Å²) in [6, 6.07) is 38.8. The van der Waals surface area contributed by atoms with Crippen LogP contribution in [0.3, 0.4) is 0 Å². The van der Waals surface area contributed by atoms with Crippen molar-refractivity contribution in [2.75, 3.05) is 0 Å². The molecule has 4 heterocycles. The van der Waals surface area contributed by atoms with Crippen molar-refractivity contribution in [2.24, 2.45) is 0 Å². The van der Waals surface area contributed by atoms with Crippen LogP contribution in [0.2, 0.25) is 0 Å². The molecule has 6 nitrogen and oxygen atoms in total. The average Bonchev–Trinajstić information content (AvgIpc) is 3.11. The maximum Gasteiger partial charge on any atom is 0.164 e. The molecule has 0 aliphatic carbocycles. The van der Waals surface area contributed by atoms with Gasteiger partial charge in [-0.25, -0.2) is 15.0 Å². The van der Waals surface area contributed by atoms with Crippen LogP contribution < -0.4 is 0 Å². The van der Waals surface area contributed by atoms with E-state index in [1.807, 2.05) is 85.2 Å². The lowest BCUT2D eigenvalue weighted by atomic mass is 9.98. The lowest BCUT2D eigenvalue weighted by molar-refractivity contribution is 1.07. The Balaban J connectivity index is 1.29. The topological polar surface area (TPSA) is 77.3 Å². The fourth-order valence-electron chi connectivity index (χ4n) is 5.55. The van der Waals surface area contributed by atoms with Gasteiger partial charge in [0.15, 0.2) is 17.5 Å². The van der Waals surface area contributed by atoms with Crippen molar-refractivity contribution in [3.8, 4) is 56.4 Å². The zero-order valence-electron chi connectivity index (χ0n) is 23.8. The summed E-state index contributed by atoms with van der Waals surface area (Å²) in [5, 5.41) is 2.10. The van der Waals surface area contributed by atoms with E-state index in [2.05, 4.69) is 73.3 Å². The third kappa shape index (κ3) is 5.34. The van der Waals surface area contributed by atoms with Crippen molar-refractivity contribution in [2.45, 2.75) is 0 Å². The zero-order valence-corrected chi connectivity index (χ0v) is 25.4. The van der Waals surface area contributed by atoms with Gasteiger partial charge in [0.25, 0.3) is 0 Å². The normalized spacial score (nSPS) is 11.2. The molecule has 0 amide bonds. The lowest BCUT2D eigenvalue weighted by Gasteiger charge is -2.12. The van der Waals surface area contributed by atoms with E-state index in [0.717, 1.165) is 65.2 Å². The van der Waals surface area contributed by atoms with Crippen LogP contribution in [0.5, 0.6) is 0 Å². The van der Waals surface area contributed by atoms with Crippen molar-refractivity contribution in [3.63, 3.8) is 0 Å². The number of hydrogen-bond acceptors (Lipinski definition) is 6. The summed E-state index contributed by atoms with van der Waals surface area (Å²) in [6.07, 6.45) is 7.25. The Morgan fingerprint density at radius 2 is 1.13 bits per heavy atom. The van der Waals surface area contributed by atoms with Gasteiger partial charge in [-0.15, -0.1) is 0 Å². The molecule has 4 aromatic carbocycles. The van der Waals surface area contributed by atoms with Crippen LogP contribution in [0.1, 0.15) is 0 Å². The Bertz CT molecular complexity index is 2330. The number of halogens is 1. The predicted octanol–water partition coefficient (Wildman–Crippen LogP) is 9.46. The summed E-state index contributed by atoms with van der Waals surface area (Å²) >= 11 is 3.76. The molecule has 0 atom stereocenters. The highest BCUT2D eigenvalue weighted by molar-refractivity contribution is 9.10. The Morgan fingerprint density at radius 1 is 0.444 bits per heavy atom. The van der Waals surface area contributed by atoms with E-state index in [-0.39, 0.29) is 0 Å². The van der Waals surface area contributed by atoms with Crippen LogP contribution in [-0.4, -0.2) is 29.9 Å². The van der Waals surface area contributed by atoms with Gasteiger partial charge in [-0.2, -0.15) is 0 Å². The SMILES string of the molecule is Brc1cc(-c2nc(-c3ccc(-c4cccnc4)cc3)nc(-c3ccc4ncccc4c3)n2)cc(-c2cccc3ncccc23)c1. The van der Waals surface area contributed by atoms with Crippen LogP contribution in [0.15, 0.2) is 145 Å². The highest BCUT2D eigenvalue weighted by Crippen LogP contribution is 2.34. The first-order chi connectivity index (χ1) is 22.2. The van der Waals surface area contributed by atoms with Crippen molar-refractivity contribution < 1.29 is 0 Å². The number of rotatable bonds is 5. The summed E-state index contributed by atoms with van der Waals surface area (Å²) in [5.74, 6) is 1.77. The second-order valence-corrected chi connectivity index (χ2v) is 11.6. The molecule has 45 heavy (non-hydrogen) atoms. The predicted molar refractivity (Wildman–Crippen MR) is 183 cm³/mol. The van der Waals surface area contributed by atoms with Gasteiger partial charge in [-0.05, 0) is 82.9 Å².